The first-order chi connectivity index (χ1) is 7.10. The molecule has 4 nitrogen and oxygen atoms in total. The zero-order valence-corrected chi connectivity index (χ0v) is 10.5. The van der Waals surface area contributed by atoms with Gasteiger partial charge in [0.05, 0.1) is 37.9 Å². The van der Waals surface area contributed by atoms with E-state index in [2.05, 4.69) is 0 Å². The van der Waals surface area contributed by atoms with E-state index in [4.69, 9.17) is 18.9 Å². The van der Waals surface area contributed by atoms with Gasteiger partial charge >= 0.3 is 0 Å². The summed E-state index contributed by atoms with van der Waals surface area (Å²) < 4.78 is 21.2. The molecule has 0 aromatic carbocycles. The molecule has 0 unspecified atom stereocenters. The lowest BCUT2D eigenvalue weighted by atomic mass is 9.92. The van der Waals surface area contributed by atoms with Crippen molar-refractivity contribution in [1.82, 2.24) is 0 Å². The van der Waals surface area contributed by atoms with Crippen LogP contribution in [0.15, 0.2) is 0 Å². The zero-order chi connectivity index (χ0) is 11.7. The van der Waals surface area contributed by atoms with Crippen LogP contribution >= 0.6 is 0 Å². The first kappa shape index (κ1) is 14.8. The standard InChI is InChI=1S/C11H24O4/c1-10(2)15-9-11(6-12-3,7-13-4)8-14-5/h10H,6-9H2,1-5H3. The number of methoxy groups -OCH3 is 3. The number of hydrogen-bond acceptors (Lipinski definition) is 4. The quantitative estimate of drug-likeness (QED) is 0.587. The summed E-state index contributed by atoms with van der Waals surface area (Å²) in [6.07, 6.45) is 0.204. The van der Waals surface area contributed by atoms with E-state index in [1.54, 1.807) is 21.3 Å². The van der Waals surface area contributed by atoms with Crippen LogP contribution in [-0.2, 0) is 18.9 Å². The van der Waals surface area contributed by atoms with E-state index >= 15 is 0 Å². The van der Waals surface area contributed by atoms with Crippen molar-refractivity contribution in [3.8, 4) is 0 Å². The molecule has 0 aromatic rings. The van der Waals surface area contributed by atoms with Crippen molar-refractivity contribution in [2.75, 3.05) is 47.8 Å². The Morgan fingerprint density at radius 2 is 1.20 bits per heavy atom. The van der Waals surface area contributed by atoms with Gasteiger partial charge in [-0.15, -0.1) is 0 Å². The van der Waals surface area contributed by atoms with Crippen LogP contribution in [0.5, 0.6) is 0 Å². The summed E-state index contributed by atoms with van der Waals surface area (Å²) in [4.78, 5) is 0. The molecule has 15 heavy (non-hydrogen) atoms. The van der Waals surface area contributed by atoms with Crippen molar-refractivity contribution < 1.29 is 18.9 Å². The van der Waals surface area contributed by atoms with Gasteiger partial charge in [0.1, 0.15) is 0 Å². The minimum atomic E-state index is -0.206. The predicted octanol–water partition coefficient (Wildman–Crippen LogP) is 1.34. The molecule has 0 aliphatic rings. The summed E-state index contributed by atoms with van der Waals surface area (Å²) in [6.45, 7) is 6.32. The first-order valence-electron chi connectivity index (χ1n) is 5.18. The second-order valence-electron chi connectivity index (χ2n) is 4.16. The third-order valence-corrected chi connectivity index (χ3v) is 2.07. The van der Waals surface area contributed by atoms with Crippen LogP contribution < -0.4 is 0 Å². The highest BCUT2D eigenvalue weighted by Gasteiger charge is 2.31. The van der Waals surface area contributed by atoms with Crippen LogP contribution in [0.2, 0.25) is 0 Å². The van der Waals surface area contributed by atoms with Gasteiger partial charge in [0.25, 0.3) is 0 Å². The van der Waals surface area contributed by atoms with E-state index in [0.29, 0.717) is 26.4 Å². The molecule has 0 aliphatic heterocycles. The van der Waals surface area contributed by atoms with Crippen LogP contribution in [0.1, 0.15) is 13.8 Å². The highest BCUT2D eigenvalue weighted by atomic mass is 16.5. The number of rotatable bonds is 9. The number of hydrogen-bond donors (Lipinski definition) is 0. The average molecular weight is 220 g/mol. The molecular weight excluding hydrogens is 196 g/mol. The minimum Gasteiger partial charge on any atom is -0.384 e. The van der Waals surface area contributed by atoms with Crippen LogP contribution in [0.4, 0.5) is 0 Å². The summed E-state index contributed by atoms with van der Waals surface area (Å²) in [5.41, 5.74) is -0.206. The van der Waals surface area contributed by atoms with Crippen LogP contribution in [0.25, 0.3) is 0 Å². The van der Waals surface area contributed by atoms with E-state index in [1.807, 2.05) is 13.8 Å². The van der Waals surface area contributed by atoms with Gasteiger partial charge in [-0.1, -0.05) is 0 Å². The highest BCUT2D eigenvalue weighted by molar-refractivity contribution is 4.79. The fraction of sp³-hybridized carbons (Fsp3) is 1.00. The predicted molar refractivity (Wildman–Crippen MR) is 59.1 cm³/mol. The van der Waals surface area contributed by atoms with E-state index < -0.39 is 0 Å². The lowest BCUT2D eigenvalue weighted by molar-refractivity contribution is -0.0957. The molecule has 0 saturated carbocycles. The molecule has 0 spiro atoms. The molecule has 0 radical (unpaired) electrons. The van der Waals surface area contributed by atoms with Gasteiger partial charge in [0, 0.05) is 21.3 Å². The molecule has 0 amide bonds. The third kappa shape index (κ3) is 6.10. The molecular formula is C11H24O4. The zero-order valence-electron chi connectivity index (χ0n) is 10.5. The SMILES string of the molecule is COCC(COC)(COC)COC(C)C. The molecule has 0 heterocycles. The van der Waals surface area contributed by atoms with Gasteiger partial charge in [-0.05, 0) is 13.8 Å². The lowest BCUT2D eigenvalue weighted by Gasteiger charge is -2.32. The maximum atomic E-state index is 5.62. The average Bonchev–Trinajstić information content (AvgIpc) is 2.16. The van der Waals surface area contributed by atoms with Gasteiger partial charge in [-0.25, -0.2) is 0 Å². The van der Waals surface area contributed by atoms with Crippen LogP contribution in [-0.4, -0.2) is 53.9 Å². The minimum absolute atomic E-state index is 0.204. The Morgan fingerprint density at radius 1 is 0.800 bits per heavy atom. The van der Waals surface area contributed by atoms with Gasteiger partial charge in [-0.3, -0.25) is 0 Å². The topological polar surface area (TPSA) is 36.9 Å². The molecule has 0 aromatic heterocycles. The summed E-state index contributed by atoms with van der Waals surface area (Å²) in [6, 6.07) is 0. The normalized spacial score (nSPS) is 12.4. The molecule has 0 saturated heterocycles. The Hall–Kier alpha value is -0.160. The van der Waals surface area contributed by atoms with E-state index in [9.17, 15) is 0 Å². The third-order valence-electron chi connectivity index (χ3n) is 2.07. The van der Waals surface area contributed by atoms with Gasteiger partial charge in [-0.2, -0.15) is 0 Å². The molecule has 0 N–H and O–H groups in total. The van der Waals surface area contributed by atoms with Crippen molar-refractivity contribution >= 4 is 0 Å². The largest absolute Gasteiger partial charge is 0.384 e. The smallest absolute Gasteiger partial charge is 0.0637 e. The Balaban J connectivity index is 4.31. The second kappa shape index (κ2) is 8.05. The second-order valence-corrected chi connectivity index (χ2v) is 4.16. The lowest BCUT2D eigenvalue weighted by Crippen LogP contribution is -2.41. The van der Waals surface area contributed by atoms with E-state index in [0.717, 1.165) is 0 Å². The Kier molecular flexibility index (Phi) is 7.96. The number of ether oxygens (including phenoxy) is 4. The summed E-state index contributed by atoms with van der Waals surface area (Å²) >= 11 is 0. The molecule has 92 valence electrons. The van der Waals surface area contributed by atoms with Crippen LogP contribution in [0.3, 0.4) is 0 Å². The maximum absolute atomic E-state index is 5.62. The van der Waals surface area contributed by atoms with Crippen LogP contribution in [0, 0.1) is 5.41 Å². The molecule has 0 fully saturated rings. The summed E-state index contributed by atoms with van der Waals surface area (Å²) in [5, 5.41) is 0. The molecule has 0 bridgehead atoms. The Bertz CT molecular complexity index is 131. The van der Waals surface area contributed by atoms with Gasteiger partial charge in [0.15, 0.2) is 0 Å². The van der Waals surface area contributed by atoms with Gasteiger partial charge < -0.3 is 18.9 Å². The van der Waals surface area contributed by atoms with Gasteiger partial charge in [0.2, 0.25) is 0 Å². The molecule has 4 heteroatoms. The monoisotopic (exact) mass is 220 g/mol. The molecule has 0 atom stereocenters. The van der Waals surface area contributed by atoms with Crippen molar-refractivity contribution in [2.24, 2.45) is 5.41 Å². The maximum Gasteiger partial charge on any atom is 0.0637 e. The fourth-order valence-corrected chi connectivity index (χ4v) is 1.51. The van der Waals surface area contributed by atoms with E-state index in [-0.39, 0.29) is 11.5 Å². The highest BCUT2D eigenvalue weighted by Crippen LogP contribution is 2.20. The molecule has 0 rings (SSSR count). The van der Waals surface area contributed by atoms with Crippen molar-refractivity contribution in [3.63, 3.8) is 0 Å². The molecule has 0 aliphatic carbocycles. The van der Waals surface area contributed by atoms with Crippen molar-refractivity contribution in [2.45, 2.75) is 20.0 Å². The van der Waals surface area contributed by atoms with E-state index in [1.165, 1.54) is 0 Å². The first-order valence-corrected chi connectivity index (χ1v) is 5.18. The van der Waals surface area contributed by atoms with Crippen molar-refractivity contribution in [1.29, 1.82) is 0 Å². The fourth-order valence-electron chi connectivity index (χ4n) is 1.51. The Labute approximate surface area is 92.8 Å². The van der Waals surface area contributed by atoms with Crippen molar-refractivity contribution in [3.05, 3.63) is 0 Å². The summed E-state index contributed by atoms with van der Waals surface area (Å²) in [5.74, 6) is 0. The Morgan fingerprint density at radius 3 is 1.47 bits per heavy atom. The summed E-state index contributed by atoms with van der Waals surface area (Å²) in [7, 11) is 5.03.